The molecule has 144 valence electrons. The number of carbonyl (C=O) groups is 1. The van der Waals surface area contributed by atoms with Crippen molar-refractivity contribution in [3.8, 4) is 5.75 Å². The molecule has 0 bridgehead atoms. The number of aromatic amines is 2. The van der Waals surface area contributed by atoms with Gasteiger partial charge in [-0.2, -0.15) is 0 Å². The zero-order valence-corrected chi connectivity index (χ0v) is 15.7. The third-order valence-corrected chi connectivity index (χ3v) is 4.58. The Labute approximate surface area is 157 Å². The molecule has 7 nitrogen and oxygen atoms in total. The van der Waals surface area contributed by atoms with Crippen LogP contribution in [0.25, 0.3) is 0 Å². The van der Waals surface area contributed by atoms with E-state index in [1.165, 1.54) is 6.07 Å². The minimum Gasteiger partial charge on any atom is -0.491 e. The topological polar surface area (TPSA) is 95.3 Å². The molecule has 0 unspecified atom stereocenters. The summed E-state index contributed by atoms with van der Waals surface area (Å²) in [4.78, 5) is 42.7. The summed E-state index contributed by atoms with van der Waals surface area (Å²) in [6.07, 6.45) is 1.78. The molecule has 0 radical (unpaired) electrons. The molecule has 1 aromatic heterocycles. The average molecular weight is 371 g/mol. The summed E-state index contributed by atoms with van der Waals surface area (Å²) in [5.74, 6) is 0.694. The molecule has 1 fully saturated rings. The monoisotopic (exact) mass is 371 g/mol. The second kappa shape index (κ2) is 8.35. The molecule has 2 aromatic rings. The first-order chi connectivity index (χ1) is 12.9. The largest absolute Gasteiger partial charge is 0.491 e. The highest BCUT2D eigenvalue weighted by atomic mass is 16.5. The van der Waals surface area contributed by atoms with Gasteiger partial charge in [0.15, 0.2) is 5.78 Å². The zero-order chi connectivity index (χ0) is 19.4. The number of nitrogens with zero attached hydrogens (tertiary/aromatic N) is 1. The molecule has 3 rings (SSSR count). The van der Waals surface area contributed by atoms with Crippen LogP contribution < -0.4 is 16.0 Å². The van der Waals surface area contributed by atoms with Crippen molar-refractivity contribution < 1.29 is 9.53 Å². The van der Waals surface area contributed by atoms with E-state index in [1.54, 1.807) is 6.07 Å². The summed E-state index contributed by atoms with van der Waals surface area (Å²) < 4.78 is 5.69. The molecule has 1 atom stereocenters. The van der Waals surface area contributed by atoms with E-state index in [1.807, 2.05) is 32.0 Å². The van der Waals surface area contributed by atoms with Crippen molar-refractivity contribution >= 4 is 5.78 Å². The van der Waals surface area contributed by atoms with Gasteiger partial charge in [-0.15, -0.1) is 0 Å². The number of rotatable bonds is 6. The SMILES string of the molecule is CC(C)Oc1cccc(C(=O)[C@@H]2CCCN(Cc3cc(=O)[nH]c(=O)[nH]3)C2)c1. The van der Waals surface area contributed by atoms with Gasteiger partial charge in [0, 0.05) is 36.3 Å². The Hall–Kier alpha value is -2.67. The Morgan fingerprint density at radius 1 is 1.26 bits per heavy atom. The van der Waals surface area contributed by atoms with Crippen LogP contribution in [0.5, 0.6) is 5.75 Å². The number of aromatic nitrogens is 2. The summed E-state index contributed by atoms with van der Waals surface area (Å²) in [5, 5.41) is 0. The lowest BCUT2D eigenvalue weighted by molar-refractivity contribution is 0.0809. The predicted molar refractivity (Wildman–Crippen MR) is 102 cm³/mol. The van der Waals surface area contributed by atoms with Crippen LogP contribution in [0.3, 0.4) is 0 Å². The highest BCUT2D eigenvalue weighted by Gasteiger charge is 2.27. The molecule has 27 heavy (non-hydrogen) atoms. The number of nitrogens with one attached hydrogen (secondary N) is 2. The van der Waals surface area contributed by atoms with Gasteiger partial charge in [-0.05, 0) is 45.4 Å². The van der Waals surface area contributed by atoms with Crippen LogP contribution in [0.4, 0.5) is 0 Å². The summed E-state index contributed by atoms with van der Waals surface area (Å²) in [7, 11) is 0. The van der Waals surface area contributed by atoms with Crippen molar-refractivity contribution in [3.63, 3.8) is 0 Å². The van der Waals surface area contributed by atoms with E-state index in [0.29, 0.717) is 30.1 Å². The van der Waals surface area contributed by atoms with Gasteiger partial charge in [0.05, 0.1) is 6.10 Å². The van der Waals surface area contributed by atoms with Gasteiger partial charge in [0.1, 0.15) is 5.75 Å². The Morgan fingerprint density at radius 2 is 2.07 bits per heavy atom. The normalized spacial score (nSPS) is 17.8. The molecule has 7 heteroatoms. The minimum absolute atomic E-state index is 0.0525. The van der Waals surface area contributed by atoms with Crippen molar-refractivity contribution in [3.05, 3.63) is 62.4 Å². The highest BCUT2D eigenvalue weighted by molar-refractivity contribution is 5.98. The number of hydrogen-bond acceptors (Lipinski definition) is 5. The first-order valence-corrected chi connectivity index (χ1v) is 9.26. The fourth-order valence-electron chi connectivity index (χ4n) is 3.49. The molecular formula is C20H25N3O4. The molecular weight excluding hydrogens is 346 g/mol. The Balaban J connectivity index is 1.69. The number of ether oxygens (including phenoxy) is 1. The van der Waals surface area contributed by atoms with Crippen LogP contribution >= 0.6 is 0 Å². The van der Waals surface area contributed by atoms with Gasteiger partial charge in [-0.1, -0.05) is 12.1 Å². The van der Waals surface area contributed by atoms with Gasteiger partial charge in [0.25, 0.3) is 5.56 Å². The molecule has 2 heterocycles. The maximum absolute atomic E-state index is 12.9. The summed E-state index contributed by atoms with van der Waals surface area (Å²) in [6.45, 7) is 5.77. The second-order valence-corrected chi connectivity index (χ2v) is 7.25. The van der Waals surface area contributed by atoms with E-state index in [4.69, 9.17) is 4.74 Å². The molecule has 2 N–H and O–H groups in total. The molecule has 0 saturated carbocycles. The summed E-state index contributed by atoms with van der Waals surface area (Å²) in [6, 6.07) is 8.71. The lowest BCUT2D eigenvalue weighted by Gasteiger charge is -2.31. The van der Waals surface area contributed by atoms with Crippen molar-refractivity contribution in [2.75, 3.05) is 13.1 Å². The van der Waals surface area contributed by atoms with Crippen molar-refractivity contribution in [1.82, 2.24) is 14.9 Å². The first kappa shape index (κ1) is 19.1. The molecule has 1 saturated heterocycles. The van der Waals surface area contributed by atoms with Crippen LogP contribution in [0.15, 0.2) is 39.9 Å². The van der Waals surface area contributed by atoms with Crippen LogP contribution in [-0.4, -0.2) is 39.8 Å². The van der Waals surface area contributed by atoms with E-state index in [9.17, 15) is 14.4 Å². The number of piperidine rings is 1. The predicted octanol–water partition coefficient (Wildman–Crippen LogP) is 1.95. The maximum atomic E-state index is 12.9. The smallest absolute Gasteiger partial charge is 0.325 e. The fraction of sp³-hybridized carbons (Fsp3) is 0.450. The Bertz CT molecular complexity index is 887. The number of Topliss-reactive ketones (excluding diaryl/α,β-unsaturated/α-hetero) is 1. The van der Waals surface area contributed by atoms with Gasteiger partial charge < -0.3 is 9.72 Å². The number of benzene rings is 1. The summed E-state index contributed by atoms with van der Waals surface area (Å²) in [5.41, 5.74) is 0.290. The standard InChI is InChI=1S/C20H25N3O4/c1-13(2)27-17-7-3-5-14(9-17)19(25)15-6-4-8-23(11-15)12-16-10-18(24)22-20(26)21-16/h3,5,7,9-10,13,15H,4,6,8,11-12H2,1-2H3,(H2,21,22,24,26)/t15-/m1/s1. The van der Waals surface area contributed by atoms with E-state index >= 15 is 0 Å². The fourth-order valence-corrected chi connectivity index (χ4v) is 3.49. The number of likely N-dealkylation sites (tertiary alicyclic amines) is 1. The van der Waals surface area contributed by atoms with Crippen molar-refractivity contribution in [1.29, 1.82) is 0 Å². The molecule has 1 aliphatic heterocycles. The number of hydrogen-bond donors (Lipinski definition) is 2. The van der Waals surface area contributed by atoms with E-state index in [2.05, 4.69) is 14.9 Å². The zero-order valence-electron chi connectivity index (χ0n) is 15.7. The van der Waals surface area contributed by atoms with Crippen LogP contribution in [0.2, 0.25) is 0 Å². The number of H-pyrrole nitrogens is 2. The van der Waals surface area contributed by atoms with E-state index in [-0.39, 0.29) is 17.8 Å². The van der Waals surface area contributed by atoms with E-state index < -0.39 is 11.2 Å². The lowest BCUT2D eigenvalue weighted by Crippen LogP contribution is -2.39. The average Bonchev–Trinajstić information content (AvgIpc) is 2.60. The molecule has 0 amide bonds. The molecule has 1 aromatic carbocycles. The number of ketones is 1. The minimum atomic E-state index is -0.510. The van der Waals surface area contributed by atoms with Crippen molar-refractivity contribution in [2.24, 2.45) is 5.92 Å². The maximum Gasteiger partial charge on any atom is 0.325 e. The van der Waals surface area contributed by atoms with E-state index in [0.717, 1.165) is 19.4 Å². The summed E-state index contributed by atoms with van der Waals surface area (Å²) >= 11 is 0. The van der Waals surface area contributed by atoms with Gasteiger partial charge in [0.2, 0.25) is 0 Å². The van der Waals surface area contributed by atoms with Crippen LogP contribution in [0.1, 0.15) is 42.7 Å². The molecule has 0 aliphatic carbocycles. The third-order valence-electron chi connectivity index (χ3n) is 4.58. The Kier molecular flexibility index (Phi) is 5.91. The third kappa shape index (κ3) is 5.17. The van der Waals surface area contributed by atoms with Gasteiger partial charge in [-0.25, -0.2) is 4.79 Å². The first-order valence-electron chi connectivity index (χ1n) is 9.26. The highest BCUT2D eigenvalue weighted by Crippen LogP contribution is 2.24. The quantitative estimate of drug-likeness (QED) is 0.757. The Morgan fingerprint density at radius 3 is 2.81 bits per heavy atom. The van der Waals surface area contributed by atoms with Crippen LogP contribution in [0, 0.1) is 5.92 Å². The van der Waals surface area contributed by atoms with Crippen LogP contribution in [-0.2, 0) is 6.54 Å². The second-order valence-electron chi connectivity index (χ2n) is 7.25. The molecule has 1 aliphatic rings. The number of carbonyl (C=O) groups excluding carboxylic acids is 1. The van der Waals surface area contributed by atoms with Gasteiger partial charge in [-0.3, -0.25) is 19.5 Å². The van der Waals surface area contributed by atoms with Gasteiger partial charge >= 0.3 is 5.69 Å². The molecule has 0 spiro atoms. The lowest BCUT2D eigenvalue weighted by atomic mass is 9.90. The van der Waals surface area contributed by atoms with Crippen molar-refractivity contribution in [2.45, 2.75) is 39.3 Å².